The van der Waals surface area contributed by atoms with Crippen LogP contribution in [-0.4, -0.2) is 12.5 Å². The standard InChI is InChI=1S/C13H17NO/c1-3-4-10-8-14-13(15)12-7-9(2)5-6-11(10)12/h5-7,10H,3-4,8H2,1-2H3,(H,14,15). The summed E-state index contributed by atoms with van der Waals surface area (Å²) in [6.07, 6.45) is 2.31. The van der Waals surface area contributed by atoms with Crippen LogP contribution in [0.4, 0.5) is 0 Å². The van der Waals surface area contributed by atoms with Crippen LogP contribution in [0.1, 0.15) is 47.2 Å². The van der Waals surface area contributed by atoms with Crippen molar-refractivity contribution in [3.05, 3.63) is 34.9 Å². The Labute approximate surface area is 90.7 Å². The predicted molar refractivity (Wildman–Crippen MR) is 61.2 cm³/mol. The third-order valence-corrected chi connectivity index (χ3v) is 3.04. The smallest absolute Gasteiger partial charge is 0.251 e. The number of amides is 1. The summed E-state index contributed by atoms with van der Waals surface area (Å²) in [7, 11) is 0. The molecular formula is C13H17NO. The molecule has 1 N–H and O–H groups in total. The number of hydrogen-bond donors (Lipinski definition) is 1. The van der Waals surface area contributed by atoms with Gasteiger partial charge in [-0.15, -0.1) is 0 Å². The molecule has 0 fully saturated rings. The summed E-state index contributed by atoms with van der Waals surface area (Å²) in [6.45, 7) is 5.00. The molecule has 1 atom stereocenters. The van der Waals surface area contributed by atoms with Gasteiger partial charge in [-0.3, -0.25) is 4.79 Å². The molecule has 1 aromatic carbocycles. The zero-order valence-electron chi connectivity index (χ0n) is 9.34. The minimum absolute atomic E-state index is 0.0843. The molecule has 1 unspecified atom stereocenters. The van der Waals surface area contributed by atoms with Crippen LogP contribution in [0.15, 0.2) is 18.2 Å². The fourth-order valence-electron chi connectivity index (χ4n) is 2.25. The van der Waals surface area contributed by atoms with Gasteiger partial charge in [-0.1, -0.05) is 31.0 Å². The Morgan fingerprint density at radius 3 is 3.00 bits per heavy atom. The van der Waals surface area contributed by atoms with Gasteiger partial charge >= 0.3 is 0 Å². The number of carbonyl (C=O) groups excluding carboxylic acids is 1. The molecule has 15 heavy (non-hydrogen) atoms. The summed E-state index contributed by atoms with van der Waals surface area (Å²) in [5.41, 5.74) is 3.26. The Morgan fingerprint density at radius 2 is 2.27 bits per heavy atom. The van der Waals surface area contributed by atoms with Gasteiger partial charge in [-0.25, -0.2) is 0 Å². The number of fused-ring (bicyclic) bond motifs is 1. The molecule has 2 rings (SSSR count). The van der Waals surface area contributed by atoms with E-state index in [1.54, 1.807) is 0 Å². The number of benzene rings is 1. The molecule has 0 bridgehead atoms. The van der Waals surface area contributed by atoms with Crippen LogP contribution in [0.3, 0.4) is 0 Å². The lowest BCUT2D eigenvalue weighted by atomic mass is 9.86. The summed E-state index contributed by atoms with van der Waals surface area (Å²) < 4.78 is 0. The number of nitrogens with one attached hydrogen (secondary N) is 1. The fourth-order valence-corrected chi connectivity index (χ4v) is 2.25. The molecule has 1 aliphatic heterocycles. The number of rotatable bonds is 2. The van der Waals surface area contributed by atoms with E-state index in [4.69, 9.17) is 0 Å². The van der Waals surface area contributed by atoms with Crippen molar-refractivity contribution in [3.63, 3.8) is 0 Å². The number of hydrogen-bond acceptors (Lipinski definition) is 1. The predicted octanol–water partition coefficient (Wildman–Crippen LogP) is 2.62. The van der Waals surface area contributed by atoms with Gasteiger partial charge in [0.2, 0.25) is 0 Å². The first-order valence-electron chi connectivity index (χ1n) is 5.61. The van der Waals surface area contributed by atoms with E-state index in [9.17, 15) is 4.79 Å². The van der Waals surface area contributed by atoms with Crippen LogP contribution in [0.25, 0.3) is 0 Å². The first-order chi connectivity index (χ1) is 7.22. The van der Waals surface area contributed by atoms with Crippen LogP contribution in [0.5, 0.6) is 0 Å². The Bertz CT molecular complexity index is 384. The van der Waals surface area contributed by atoms with Crippen molar-refractivity contribution in [3.8, 4) is 0 Å². The van der Waals surface area contributed by atoms with Crippen molar-refractivity contribution < 1.29 is 4.79 Å². The molecule has 0 radical (unpaired) electrons. The molecule has 0 spiro atoms. The second-order valence-electron chi connectivity index (χ2n) is 4.29. The molecule has 1 aromatic rings. The van der Waals surface area contributed by atoms with Crippen molar-refractivity contribution in [2.45, 2.75) is 32.6 Å². The first-order valence-corrected chi connectivity index (χ1v) is 5.61. The van der Waals surface area contributed by atoms with E-state index in [1.165, 1.54) is 5.56 Å². The fraction of sp³-hybridized carbons (Fsp3) is 0.462. The average Bonchev–Trinajstić information content (AvgIpc) is 2.23. The van der Waals surface area contributed by atoms with Gasteiger partial charge in [0.15, 0.2) is 0 Å². The Hall–Kier alpha value is -1.31. The van der Waals surface area contributed by atoms with Crippen LogP contribution < -0.4 is 5.32 Å². The highest BCUT2D eigenvalue weighted by atomic mass is 16.1. The Kier molecular flexibility index (Phi) is 2.76. The minimum atomic E-state index is 0.0843. The molecule has 2 nitrogen and oxygen atoms in total. The third kappa shape index (κ3) is 1.89. The first kappa shape index (κ1) is 10.2. The van der Waals surface area contributed by atoms with E-state index in [2.05, 4.69) is 24.4 Å². The van der Waals surface area contributed by atoms with Crippen molar-refractivity contribution in [1.29, 1.82) is 0 Å². The van der Waals surface area contributed by atoms with Gasteiger partial charge in [0, 0.05) is 18.0 Å². The highest BCUT2D eigenvalue weighted by Crippen LogP contribution is 2.28. The summed E-state index contributed by atoms with van der Waals surface area (Å²) in [5.74, 6) is 0.587. The lowest BCUT2D eigenvalue weighted by molar-refractivity contribution is 0.0939. The lowest BCUT2D eigenvalue weighted by Crippen LogP contribution is -2.35. The summed E-state index contributed by atoms with van der Waals surface area (Å²) >= 11 is 0. The lowest BCUT2D eigenvalue weighted by Gasteiger charge is -2.25. The van der Waals surface area contributed by atoms with Crippen molar-refractivity contribution in [2.75, 3.05) is 6.54 Å². The van der Waals surface area contributed by atoms with E-state index in [1.807, 2.05) is 13.0 Å². The molecule has 0 saturated carbocycles. The molecule has 1 aliphatic rings. The van der Waals surface area contributed by atoms with E-state index < -0.39 is 0 Å². The molecule has 1 amide bonds. The monoisotopic (exact) mass is 203 g/mol. The summed E-state index contributed by atoms with van der Waals surface area (Å²) in [5, 5.41) is 2.96. The van der Waals surface area contributed by atoms with Crippen LogP contribution in [0, 0.1) is 6.92 Å². The van der Waals surface area contributed by atoms with Gasteiger partial charge < -0.3 is 5.32 Å². The second-order valence-corrected chi connectivity index (χ2v) is 4.29. The minimum Gasteiger partial charge on any atom is -0.351 e. The highest BCUT2D eigenvalue weighted by molar-refractivity contribution is 5.97. The van der Waals surface area contributed by atoms with Crippen molar-refractivity contribution in [2.24, 2.45) is 0 Å². The van der Waals surface area contributed by atoms with Gasteiger partial charge in [0.05, 0.1) is 0 Å². The van der Waals surface area contributed by atoms with E-state index in [-0.39, 0.29) is 5.91 Å². The molecular weight excluding hydrogens is 186 g/mol. The van der Waals surface area contributed by atoms with Gasteiger partial charge in [0.25, 0.3) is 5.91 Å². The SMILES string of the molecule is CCCC1CNC(=O)c2cc(C)ccc21. The van der Waals surface area contributed by atoms with Crippen LogP contribution in [0.2, 0.25) is 0 Å². The maximum absolute atomic E-state index is 11.7. The van der Waals surface area contributed by atoms with Gasteiger partial charge in [-0.2, -0.15) is 0 Å². The normalized spacial score (nSPS) is 19.6. The maximum Gasteiger partial charge on any atom is 0.251 e. The van der Waals surface area contributed by atoms with Crippen molar-refractivity contribution in [1.82, 2.24) is 5.32 Å². The van der Waals surface area contributed by atoms with E-state index >= 15 is 0 Å². The number of aryl methyl sites for hydroxylation is 1. The van der Waals surface area contributed by atoms with E-state index in [0.29, 0.717) is 5.92 Å². The second kappa shape index (κ2) is 4.05. The quantitative estimate of drug-likeness (QED) is 0.786. The molecule has 2 heteroatoms. The molecule has 0 saturated heterocycles. The zero-order chi connectivity index (χ0) is 10.8. The van der Waals surface area contributed by atoms with E-state index in [0.717, 1.165) is 30.5 Å². The number of carbonyl (C=O) groups is 1. The van der Waals surface area contributed by atoms with Gasteiger partial charge in [-0.05, 0) is 25.0 Å². The van der Waals surface area contributed by atoms with Crippen LogP contribution in [-0.2, 0) is 0 Å². The Balaban J connectivity index is 2.41. The third-order valence-electron chi connectivity index (χ3n) is 3.04. The van der Waals surface area contributed by atoms with Crippen LogP contribution >= 0.6 is 0 Å². The van der Waals surface area contributed by atoms with Crippen molar-refractivity contribution >= 4 is 5.91 Å². The largest absolute Gasteiger partial charge is 0.351 e. The molecule has 0 aliphatic carbocycles. The topological polar surface area (TPSA) is 29.1 Å². The average molecular weight is 203 g/mol. The summed E-state index contributed by atoms with van der Waals surface area (Å²) in [6, 6.07) is 6.20. The Morgan fingerprint density at radius 1 is 1.47 bits per heavy atom. The highest BCUT2D eigenvalue weighted by Gasteiger charge is 2.24. The molecule has 1 heterocycles. The molecule has 0 aromatic heterocycles. The van der Waals surface area contributed by atoms with Gasteiger partial charge in [0.1, 0.15) is 0 Å². The summed E-state index contributed by atoms with van der Waals surface area (Å²) in [4.78, 5) is 11.7. The maximum atomic E-state index is 11.7. The zero-order valence-corrected chi connectivity index (χ0v) is 9.34. The molecule has 80 valence electrons.